The van der Waals surface area contributed by atoms with Gasteiger partial charge in [0.15, 0.2) is 6.61 Å². The summed E-state index contributed by atoms with van der Waals surface area (Å²) < 4.78 is 10.6. The van der Waals surface area contributed by atoms with Crippen LogP contribution in [0.3, 0.4) is 0 Å². The predicted molar refractivity (Wildman–Crippen MR) is 84.1 cm³/mol. The van der Waals surface area contributed by atoms with E-state index in [9.17, 15) is 9.59 Å². The van der Waals surface area contributed by atoms with Crippen LogP contribution in [0, 0.1) is 0 Å². The molecule has 6 nitrogen and oxygen atoms in total. The van der Waals surface area contributed by atoms with Crippen LogP contribution in [0.4, 0.5) is 0 Å². The van der Waals surface area contributed by atoms with Crippen molar-refractivity contribution in [1.82, 2.24) is 4.90 Å². The lowest BCUT2D eigenvalue weighted by atomic mass is 10.2. The minimum Gasteiger partial charge on any atom is -0.497 e. The SMILES string of the molecule is COc1ccc(C(N)=O)c(OCC(=O)N(C(C)C)C(C)C)c1. The molecule has 0 aliphatic heterocycles. The number of hydrogen-bond donors (Lipinski definition) is 1. The molecule has 122 valence electrons. The van der Waals surface area contributed by atoms with E-state index in [1.807, 2.05) is 27.7 Å². The summed E-state index contributed by atoms with van der Waals surface area (Å²) in [5, 5.41) is 0. The lowest BCUT2D eigenvalue weighted by molar-refractivity contribution is -0.137. The molecule has 0 saturated heterocycles. The van der Waals surface area contributed by atoms with Gasteiger partial charge >= 0.3 is 0 Å². The number of nitrogens with zero attached hydrogens (tertiary/aromatic N) is 1. The molecule has 0 radical (unpaired) electrons. The second-order valence-corrected chi connectivity index (χ2v) is 5.50. The van der Waals surface area contributed by atoms with Gasteiger partial charge in [-0.25, -0.2) is 0 Å². The van der Waals surface area contributed by atoms with E-state index in [1.165, 1.54) is 13.2 Å². The van der Waals surface area contributed by atoms with E-state index in [4.69, 9.17) is 15.2 Å². The van der Waals surface area contributed by atoms with Crippen molar-refractivity contribution < 1.29 is 19.1 Å². The van der Waals surface area contributed by atoms with Crippen LogP contribution in [0.5, 0.6) is 11.5 Å². The van der Waals surface area contributed by atoms with Crippen molar-refractivity contribution in [3.63, 3.8) is 0 Å². The quantitative estimate of drug-likeness (QED) is 0.833. The van der Waals surface area contributed by atoms with Crippen molar-refractivity contribution in [2.45, 2.75) is 39.8 Å². The average molecular weight is 308 g/mol. The number of carbonyl (C=O) groups excluding carboxylic acids is 2. The highest BCUT2D eigenvalue weighted by Crippen LogP contribution is 2.24. The van der Waals surface area contributed by atoms with Crippen LogP contribution in [0.2, 0.25) is 0 Å². The number of ether oxygens (including phenoxy) is 2. The maximum Gasteiger partial charge on any atom is 0.260 e. The summed E-state index contributed by atoms with van der Waals surface area (Å²) in [6.07, 6.45) is 0. The summed E-state index contributed by atoms with van der Waals surface area (Å²) in [5.74, 6) is 0.00241. The molecule has 0 aliphatic carbocycles. The fourth-order valence-corrected chi connectivity index (χ4v) is 2.34. The number of benzene rings is 1. The monoisotopic (exact) mass is 308 g/mol. The Morgan fingerprint density at radius 3 is 2.23 bits per heavy atom. The summed E-state index contributed by atoms with van der Waals surface area (Å²) in [5.41, 5.74) is 5.53. The number of nitrogens with two attached hydrogens (primary N) is 1. The minimum absolute atomic E-state index is 0.0667. The highest BCUT2D eigenvalue weighted by molar-refractivity contribution is 5.96. The van der Waals surface area contributed by atoms with Gasteiger partial charge in [-0.05, 0) is 39.8 Å². The Kier molecular flexibility index (Phi) is 6.22. The highest BCUT2D eigenvalue weighted by Gasteiger charge is 2.21. The first-order valence-electron chi connectivity index (χ1n) is 7.19. The van der Waals surface area contributed by atoms with E-state index in [0.717, 1.165) is 0 Å². The Morgan fingerprint density at radius 2 is 1.77 bits per heavy atom. The number of amides is 2. The molecule has 1 aromatic rings. The molecule has 0 saturated carbocycles. The van der Waals surface area contributed by atoms with Gasteiger partial charge in [0.05, 0.1) is 12.7 Å². The molecule has 0 unspecified atom stereocenters. The summed E-state index contributed by atoms with van der Waals surface area (Å²) >= 11 is 0. The maximum absolute atomic E-state index is 12.3. The lowest BCUT2D eigenvalue weighted by Crippen LogP contribution is -2.44. The normalized spacial score (nSPS) is 10.7. The fourth-order valence-electron chi connectivity index (χ4n) is 2.34. The molecule has 2 amide bonds. The second-order valence-electron chi connectivity index (χ2n) is 5.50. The van der Waals surface area contributed by atoms with Gasteiger partial charge in [-0.1, -0.05) is 0 Å². The average Bonchev–Trinajstić information content (AvgIpc) is 2.43. The van der Waals surface area contributed by atoms with Crippen LogP contribution >= 0.6 is 0 Å². The number of methoxy groups -OCH3 is 1. The van der Waals surface area contributed by atoms with Gasteiger partial charge < -0.3 is 20.1 Å². The van der Waals surface area contributed by atoms with Gasteiger partial charge in [-0.15, -0.1) is 0 Å². The van der Waals surface area contributed by atoms with E-state index in [-0.39, 0.29) is 35.9 Å². The van der Waals surface area contributed by atoms with Gasteiger partial charge in [0.2, 0.25) is 0 Å². The first-order valence-corrected chi connectivity index (χ1v) is 7.19. The highest BCUT2D eigenvalue weighted by atomic mass is 16.5. The van der Waals surface area contributed by atoms with Crippen molar-refractivity contribution in [2.24, 2.45) is 5.73 Å². The number of carbonyl (C=O) groups is 2. The first kappa shape index (κ1) is 17.8. The van der Waals surface area contributed by atoms with Crippen molar-refractivity contribution in [1.29, 1.82) is 0 Å². The van der Waals surface area contributed by atoms with Gasteiger partial charge in [-0.3, -0.25) is 9.59 Å². The van der Waals surface area contributed by atoms with E-state index in [2.05, 4.69) is 0 Å². The van der Waals surface area contributed by atoms with E-state index in [0.29, 0.717) is 5.75 Å². The molecule has 6 heteroatoms. The van der Waals surface area contributed by atoms with Crippen LogP contribution < -0.4 is 15.2 Å². The van der Waals surface area contributed by atoms with Crippen LogP contribution in [-0.2, 0) is 4.79 Å². The predicted octanol–water partition coefficient (Wildman–Crippen LogP) is 1.82. The van der Waals surface area contributed by atoms with E-state index >= 15 is 0 Å². The molecule has 0 atom stereocenters. The molecule has 1 aromatic carbocycles. The Labute approximate surface area is 131 Å². The molecular formula is C16H24N2O4. The van der Waals surface area contributed by atoms with Gasteiger partial charge in [0.1, 0.15) is 11.5 Å². The lowest BCUT2D eigenvalue weighted by Gasteiger charge is -2.30. The molecule has 0 heterocycles. The Bertz CT molecular complexity index is 533. The Balaban J connectivity index is 2.90. The second kappa shape index (κ2) is 7.68. The molecule has 0 bridgehead atoms. The van der Waals surface area contributed by atoms with Gasteiger partial charge in [0.25, 0.3) is 11.8 Å². The largest absolute Gasteiger partial charge is 0.497 e. The first-order chi connectivity index (χ1) is 10.3. The van der Waals surface area contributed by atoms with Crippen LogP contribution in [0.15, 0.2) is 18.2 Å². The smallest absolute Gasteiger partial charge is 0.260 e. The van der Waals surface area contributed by atoms with Crippen molar-refractivity contribution in [3.05, 3.63) is 23.8 Å². The van der Waals surface area contributed by atoms with E-state index in [1.54, 1.807) is 17.0 Å². The molecule has 0 aromatic heterocycles. The number of rotatable bonds is 7. The molecule has 0 fully saturated rings. The van der Waals surface area contributed by atoms with Crippen LogP contribution in [0.25, 0.3) is 0 Å². The standard InChI is InChI=1S/C16H24N2O4/c1-10(2)18(11(3)4)15(19)9-22-14-8-12(21-5)6-7-13(14)16(17)20/h6-8,10-11H,9H2,1-5H3,(H2,17,20). The van der Waals surface area contributed by atoms with Gasteiger partial charge in [0, 0.05) is 18.2 Å². The third-order valence-corrected chi connectivity index (χ3v) is 3.21. The zero-order chi connectivity index (χ0) is 16.9. The van der Waals surface area contributed by atoms with Gasteiger partial charge in [-0.2, -0.15) is 0 Å². The summed E-state index contributed by atoms with van der Waals surface area (Å²) in [6, 6.07) is 4.81. The molecule has 22 heavy (non-hydrogen) atoms. The zero-order valence-corrected chi connectivity index (χ0v) is 13.8. The van der Waals surface area contributed by atoms with Crippen molar-refractivity contribution in [2.75, 3.05) is 13.7 Å². The number of primary amides is 1. The molecule has 2 N–H and O–H groups in total. The molecule has 0 spiro atoms. The Morgan fingerprint density at radius 1 is 1.18 bits per heavy atom. The summed E-state index contributed by atoms with van der Waals surface area (Å²) in [4.78, 5) is 25.4. The molecular weight excluding hydrogens is 284 g/mol. The van der Waals surface area contributed by atoms with Crippen LogP contribution in [-0.4, -0.2) is 42.5 Å². The molecule has 0 aliphatic rings. The Hall–Kier alpha value is -2.24. The van der Waals surface area contributed by atoms with Crippen molar-refractivity contribution >= 4 is 11.8 Å². The zero-order valence-electron chi connectivity index (χ0n) is 13.8. The third kappa shape index (κ3) is 4.38. The number of hydrogen-bond acceptors (Lipinski definition) is 4. The summed E-state index contributed by atoms with van der Waals surface area (Å²) in [6.45, 7) is 7.61. The van der Waals surface area contributed by atoms with E-state index < -0.39 is 5.91 Å². The van der Waals surface area contributed by atoms with Crippen molar-refractivity contribution in [3.8, 4) is 11.5 Å². The third-order valence-electron chi connectivity index (χ3n) is 3.21. The summed E-state index contributed by atoms with van der Waals surface area (Å²) in [7, 11) is 1.51. The maximum atomic E-state index is 12.3. The molecule has 1 rings (SSSR count). The van der Waals surface area contributed by atoms with Crippen LogP contribution in [0.1, 0.15) is 38.1 Å². The topological polar surface area (TPSA) is 81.9 Å². The minimum atomic E-state index is -0.616. The fraction of sp³-hybridized carbons (Fsp3) is 0.500.